The highest BCUT2D eigenvalue weighted by molar-refractivity contribution is 7.99. The minimum atomic E-state index is 0.607. The lowest BCUT2D eigenvalue weighted by molar-refractivity contribution is 0.378. The summed E-state index contributed by atoms with van der Waals surface area (Å²) in [6.07, 6.45) is 8.95. The monoisotopic (exact) mass is 377 g/mol. The van der Waals surface area contributed by atoms with Crippen molar-refractivity contribution in [1.82, 2.24) is 24.7 Å². The fourth-order valence-electron chi connectivity index (χ4n) is 2.73. The first-order chi connectivity index (χ1) is 13.3. The lowest BCUT2D eigenvalue weighted by Gasteiger charge is -2.07. The van der Waals surface area contributed by atoms with Crippen LogP contribution in [0.5, 0.6) is 0 Å². The van der Waals surface area contributed by atoms with E-state index in [9.17, 15) is 0 Å². The third kappa shape index (κ3) is 4.25. The molecule has 7 heteroatoms. The Labute approximate surface area is 161 Å². The lowest BCUT2D eigenvalue weighted by atomic mass is 10.2. The van der Waals surface area contributed by atoms with Gasteiger partial charge in [-0.05, 0) is 43.2 Å². The second-order valence-corrected chi connectivity index (χ2v) is 7.18. The fourth-order valence-corrected chi connectivity index (χ4v) is 3.64. The second-order valence-electron chi connectivity index (χ2n) is 6.12. The van der Waals surface area contributed by atoms with Crippen LogP contribution in [0.2, 0.25) is 0 Å². The summed E-state index contributed by atoms with van der Waals surface area (Å²) in [6, 6.07) is 12.2. The van der Waals surface area contributed by atoms with Crippen molar-refractivity contribution in [2.45, 2.75) is 24.9 Å². The van der Waals surface area contributed by atoms with Crippen LogP contribution in [0.25, 0.3) is 17.1 Å². The van der Waals surface area contributed by atoms with Gasteiger partial charge >= 0.3 is 0 Å². The van der Waals surface area contributed by atoms with Crippen LogP contribution >= 0.6 is 11.8 Å². The summed E-state index contributed by atoms with van der Waals surface area (Å²) in [4.78, 5) is 12.9. The average molecular weight is 377 g/mol. The highest BCUT2D eigenvalue weighted by Gasteiger charge is 2.09. The van der Waals surface area contributed by atoms with Crippen molar-refractivity contribution in [2.75, 3.05) is 5.75 Å². The van der Waals surface area contributed by atoms with E-state index in [-0.39, 0.29) is 0 Å². The minimum absolute atomic E-state index is 0.607. The van der Waals surface area contributed by atoms with E-state index >= 15 is 0 Å². The van der Waals surface area contributed by atoms with Gasteiger partial charge in [0.2, 0.25) is 11.7 Å². The van der Waals surface area contributed by atoms with Crippen LogP contribution in [0.15, 0.2) is 70.9 Å². The van der Waals surface area contributed by atoms with Crippen molar-refractivity contribution < 1.29 is 4.52 Å². The normalized spacial score (nSPS) is 11.0. The summed E-state index contributed by atoms with van der Waals surface area (Å²) in [6.45, 7) is 2.10. The van der Waals surface area contributed by atoms with Gasteiger partial charge in [0.05, 0.1) is 0 Å². The Balaban J connectivity index is 1.33. The predicted molar refractivity (Wildman–Crippen MR) is 105 cm³/mol. The van der Waals surface area contributed by atoms with E-state index in [4.69, 9.17) is 4.52 Å². The second kappa shape index (κ2) is 8.18. The maximum Gasteiger partial charge on any atom is 0.226 e. The van der Waals surface area contributed by atoms with Crippen LogP contribution in [-0.2, 0) is 6.42 Å². The van der Waals surface area contributed by atoms with E-state index in [2.05, 4.69) is 55.9 Å². The van der Waals surface area contributed by atoms with Crippen LogP contribution in [0, 0.1) is 6.92 Å². The van der Waals surface area contributed by atoms with Crippen molar-refractivity contribution in [1.29, 1.82) is 0 Å². The molecule has 136 valence electrons. The van der Waals surface area contributed by atoms with Crippen molar-refractivity contribution in [3.63, 3.8) is 0 Å². The molecule has 0 aliphatic carbocycles. The summed E-state index contributed by atoms with van der Waals surface area (Å²) < 4.78 is 7.47. The summed E-state index contributed by atoms with van der Waals surface area (Å²) in [7, 11) is 0. The number of thioether (sulfide) groups is 1. The van der Waals surface area contributed by atoms with Crippen molar-refractivity contribution >= 4 is 11.8 Å². The molecule has 0 amide bonds. The van der Waals surface area contributed by atoms with E-state index in [0.717, 1.165) is 35.0 Å². The van der Waals surface area contributed by atoms with Crippen molar-refractivity contribution in [2.24, 2.45) is 0 Å². The maximum atomic E-state index is 5.35. The van der Waals surface area contributed by atoms with Gasteiger partial charge in [0.1, 0.15) is 0 Å². The molecule has 1 aromatic carbocycles. The molecule has 0 fully saturated rings. The highest BCUT2D eigenvalue weighted by atomic mass is 32.2. The average Bonchev–Trinajstić information content (AvgIpc) is 3.36. The third-order valence-electron chi connectivity index (χ3n) is 4.06. The fraction of sp³-hybridized carbons (Fsp3) is 0.200. The number of nitrogens with zero attached hydrogens (tertiary/aromatic N) is 5. The summed E-state index contributed by atoms with van der Waals surface area (Å²) in [5.74, 6) is 2.19. The quantitative estimate of drug-likeness (QED) is 0.352. The molecule has 0 unspecified atom stereocenters. The SMILES string of the molecule is Cc1cccc(-n2ccnc2SCCCc2nc(-c3ccncc3)no2)c1. The molecule has 4 rings (SSSR count). The van der Waals surface area contributed by atoms with Gasteiger partial charge in [-0.15, -0.1) is 0 Å². The molecule has 3 heterocycles. The van der Waals surface area contributed by atoms with Gasteiger partial charge in [-0.1, -0.05) is 29.1 Å². The number of imidazole rings is 1. The van der Waals surface area contributed by atoms with Crippen molar-refractivity contribution in [3.8, 4) is 17.1 Å². The Morgan fingerprint density at radius 2 is 2.00 bits per heavy atom. The van der Waals surface area contributed by atoms with Gasteiger partial charge in [0, 0.05) is 48.2 Å². The largest absolute Gasteiger partial charge is 0.339 e. The Hall–Kier alpha value is -2.93. The summed E-state index contributed by atoms with van der Waals surface area (Å²) in [5, 5.41) is 5.03. The molecule has 0 saturated heterocycles. The molecule has 0 radical (unpaired) electrons. The molecule has 0 aliphatic heterocycles. The van der Waals surface area contributed by atoms with Crippen LogP contribution in [-0.4, -0.2) is 30.4 Å². The Kier molecular flexibility index (Phi) is 5.29. The number of rotatable bonds is 7. The van der Waals surface area contributed by atoms with E-state index < -0.39 is 0 Å². The number of hydrogen-bond donors (Lipinski definition) is 0. The number of aryl methyl sites for hydroxylation is 2. The van der Waals surface area contributed by atoms with E-state index in [1.54, 1.807) is 24.2 Å². The van der Waals surface area contributed by atoms with E-state index in [1.165, 1.54) is 5.56 Å². The van der Waals surface area contributed by atoms with E-state index in [1.807, 2.05) is 24.5 Å². The van der Waals surface area contributed by atoms with Gasteiger partial charge in [-0.3, -0.25) is 9.55 Å². The summed E-state index contributed by atoms with van der Waals surface area (Å²) >= 11 is 1.73. The zero-order chi connectivity index (χ0) is 18.5. The van der Waals surface area contributed by atoms with Crippen LogP contribution in [0.3, 0.4) is 0 Å². The molecule has 0 aliphatic rings. The first-order valence-corrected chi connectivity index (χ1v) is 9.74. The standard InChI is InChI=1S/C20H19N5OS/c1-15-4-2-5-17(14-15)25-12-11-22-20(25)27-13-3-6-18-23-19(24-26-18)16-7-9-21-10-8-16/h2,4-5,7-12,14H,3,6,13H2,1H3. The first kappa shape index (κ1) is 17.5. The van der Waals surface area contributed by atoms with Crippen LogP contribution in [0.4, 0.5) is 0 Å². The Bertz CT molecular complexity index is 1010. The van der Waals surface area contributed by atoms with Crippen molar-refractivity contribution in [3.05, 3.63) is 72.6 Å². The van der Waals surface area contributed by atoms with Crippen LogP contribution < -0.4 is 0 Å². The van der Waals surface area contributed by atoms with Gasteiger partial charge in [0.25, 0.3) is 0 Å². The predicted octanol–water partition coefficient (Wildman–Crippen LogP) is 4.35. The third-order valence-corrected chi connectivity index (χ3v) is 5.11. The maximum absolute atomic E-state index is 5.35. The topological polar surface area (TPSA) is 69.6 Å². The van der Waals surface area contributed by atoms with Gasteiger partial charge < -0.3 is 4.52 Å². The Morgan fingerprint density at radius 1 is 1.11 bits per heavy atom. The van der Waals surface area contributed by atoms with Crippen LogP contribution in [0.1, 0.15) is 17.9 Å². The molecule has 0 atom stereocenters. The molecule has 0 N–H and O–H groups in total. The van der Waals surface area contributed by atoms with Gasteiger partial charge in [-0.25, -0.2) is 4.98 Å². The zero-order valence-electron chi connectivity index (χ0n) is 14.9. The molecular formula is C20H19N5OS. The molecule has 6 nitrogen and oxygen atoms in total. The number of aromatic nitrogens is 5. The zero-order valence-corrected chi connectivity index (χ0v) is 15.8. The van der Waals surface area contributed by atoms with E-state index in [0.29, 0.717) is 11.7 Å². The number of hydrogen-bond acceptors (Lipinski definition) is 6. The first-order valence-electron chi connectivity index (χ1n) is 8.76. The smallest absolute Gasteiger partial charge is 0.226 e. The van der Waals surface area contributed by atoms with Gasteiger partial charge in [-0.2, -0.15) is 4.98 Å². The molecule has 0 bridgehead atoms. The molecular weight excluding hydrogens is 358 g/mol. The molecule has 0 saturated carbocycles. The minimum Gasteiger partial charge on any atom is -0.339 e. The molecule has 0 spiro atoms. The Morgan fingerprint density at radius 3 is 2.85 bits per heavy atom. The number of pyridine rings is 1. The summed E-state index contributed by atoms with van der Waals surface area (Å²) in [5.41, 5.74) is 3.28. The molecule has 4 aromatic rings. The lowest BCUT2D eigenvalue weighted by Crippen LogP contribution is -1.96. The van der Waals surface area contributed by atoms with Gasteiger partial charge in [0.15, 0.2) is 5.16 Å². The highest BCUT2D eigenvalue weighted by Crippen LogP contribution is 2.22. The number of benzene rings is 1. The molecule has 27 heavy (non-hydrogen) atoms. The molecule has 3 aromatic heterocycles.